The molecular formula is C16H22F3N3O2. The Hall–Kier alpha value is -1.38. The van der Waals surface area contributed by atoms with Gasteiger partial charge in [0.25, 0.3) is 0 Å². The second-order valence-corrected chi connectivity index (χ2v) is 6.39. The Balaban J connectivity index is 1.74. The predicted octanol–water partition coefficient (Wildman–Crippen LogP) is 1.48. The molecule has 2 saturated heterocycles. The van der Waals surface area contributed by atoms with Gasteiger partial charge in [-0.15, -0.1) is 0 Å². The van der Waals surface area contributed by atoms with E-state index in [1.807, 2.05) is 0 Å². The van der Waals surface area contributed by atoms with Crippen molar-refractivity contribution in [2.45, 2.75) is 6.18 Å². The summed E-state index contributed by atoms with van der Waals surface area (Å²) in [7, 11) is 0. The maximum atomic E-state index is 13.2. The highest BCUT2D eigenvalue weighted by Crippen LogP contribution is 2.38. The molecular weight excluding hydrogens is 323 g/mol. The number of aromatic nitrogens is 1. The van der Waals surface area contributed by atoms with Crippen molar-refractivity contribution in [1.82, 2.24) is 9.88 Å². The van der Waals surface area contributed by atoms with E-state index in [9.17, 15) is 18.3 Å². The average molecular weight is 345 g/mol. The largest absolute Gasteiger partial charge is 0.419 e. The average Bonchev–Trinajstić information content (AvgIpc) is 2.98. The van der Waals surface area contributed by atoms with E-state index in [4.69, 9.17) is 4.74 Å². The lowest BCUT2D eigenvalue weighted by Crippen LogP contribution is -2.41. The Bertz CT molecular complexity index is 550. The Morgan fingerprint density at radius 1 is 1.21 bits per heavy atom. The standard InChI is InChI=1S/C16H22F3N3O2/c17-16(18,19)14-2-1-3-20-15(14)22-9-12(13(10-22)11-23)8-21-4-6-24-7-5-21/h1-3,12-13,23H,4-11H2. The quantitative estimate of drug-likeness (QED) is 0.896. The lowest BCUT2D eigenvalue weighted by Gasteiger charge is -2.30. The molecule has 3 rings (SSSR count). The number of hydrogen-bond donors (Lipinski definition) is 1. The fourth-order valence-corrected chi connectivity index (χ4v) is 3.51. The van der Waals surface area contributed by atoms with E-state index in [-0.39, 0.29) is 24.3 Å². The smallest absolute Gasteiger partial charge is 0.396 e. The number of pyridine rings is 1. The Labute approximate surface area is 139 Å². The molecule has 2 aliphatic rings. The van der Waals surface area contributed by atoms with Crippen LogP contribution in [-0.4, -0.2) is 67.5 Å². The van der Waals surface area contributed by atoms with Gasteiger partial charge in [-0.2, -0.15) is 13.2 Å². The highest BCUT2D eigenvalue weighted by Gasteiger charge is 2.40. The lowest BCUT2D eigenvalue weighted by molar-refractivity contribution is -0.137. The Morgan fingerprint density at radius 3 is 2.58 bits per heavy atom. The number of aliphatic hydroxyl groups excluding tert-OH is 1. The molecule has 1 aromatic rings. The molecule has 2 fully saturated rings. The minimum atomic E-state index is -4.43. The topological polar surface area (TPSA) is 48.8 Å². The maximum Gasteiger partial charge on any atom is 0.419 e. The zero-order chi connectivity index (χ0) is 17.2. The predicted molar refractivity (Wildman–Crippen MR) is 82.8 cm³/mol. The van der Waals surface area contributed by atoms with Gasteiger partial charge in [0.1, 0.15) is 5.82 Å². The molecule has 0 spiro atoms. The van der Waals surface area contributed by atoms with Crippen LogP contribution in [0.2, 0.25) is 0 Å². The van der Waals surface area contributed by atoms with E-state index in [0.717, 1.165) is 25.7 Å². The van der Waals surface area contributed by atoms with E-state index in [1.54, 1.807) is 4.90 Å². The van der Waals surface area contributed by atoms with Gasteiger partial charge in [-0.05, 0) is 18.1 Å². The van der Waals surface area contributed by atoms with Gasteiger partial charge in [-0.3, -0.25) is 4.90 Å². The maximum absolute atomic E-state index is 13.2. The molecule has 2 unspecified atom stereocenters. The van der Waals surface area contributed by atoms with Crippen molar-refractivity contribution in [3.8, 4) is 0 Å². The first kappa shape index (κ1) is 17.4. The Morgan fingerprint density at radius 2 is 1.92 bits per heavy atom. The van der Waals surface area contributed by atoms with E-state index < -0.39 is 11.7 Å². The van der Waals surface area contributed by atoms with Gasteiger partial charge in [-0.1, -0.05) is 0 Å². The third-order valence-electron chi connectivity index (χ3n) is 4.80. The molecule has 24 heavy (non-hydrogen) atoms. The van der Waals surface area contributed by atoms with Crippen molar-refractivity contribution in [2.24, 2.45) is 11.8 Å². The minimum Gasteiger partial charge on any atom is -0.396 e. The molecule has 0 radical (unpaired) electrons. The molecule has 3 heterocycles. The number of alkyl halides is 3. The zero-order valence-corrected chi connectivity index (χ0v) is 13.4. The van der Waals surface area contributed by atoms with Crippen LogP contribution in [0.4, 0.5) is 19.0 Å². The van der Waals surface area contributed by atoms with Crippen LogP contribution in [0.25, 0.3) is 0 Å². The van der Waals surface area contributed by atoms with Gasteiger partial charge >= 0.3 is 6.18 Å². The van der Waals surface area contributed by atoms with Crippen LogP contribution in [0.3, 0.4) is 0 Å². The first-order valence-corrected chi connectivity index (χ1v) is 8.17. The number of morpholine rings is 1. The molecule has 8 heteroatoms. The first-order chi connectivity index (χ1) is 11.5. The molecule has 2 atom stereocenters. The van der Waals surface area contributed by atoms with Crippen LogP contribution in [0, 0.1) is 11.8 Å². The summed E-state index contributed by atoms with van der Waals surface area (Å²) in [4.78, 5) is 7.88. The van der Waals surface area contributed by atoms with Crippen LogP contribution < -0.4 is 4.90 Å². The van der Waals surface area contributed by atoms with E-state index in [1.165, 1.54) is 12.3 Å². The molecule has 0 aromatic carbocycles. The number of hydrogen-bond acceptors (Lipinski definition) is 5. The zero-order valence-electron chi connectivity index (χ0n) is 13.4. The monoisotopic (exact) mass is 345 g/mol. The molecule has 1 N–H and O–H groups in total. The fourth-order valence-electron chi connectivity index (χ4n) is 3.51. The number of aliphatic hydroxyl groups is 1. The first-order valence-electron chi connectivity index (χ1n) is 8.17. The summed E-state index contributed by atoms with van der Waals surface area (Å²) >= 11 is 0. The van der Waals surface area contributed by atoms with Crippen molar-refractivity contribution in [3.05, 3.63) is 23.9 Å². The molecule has 0 aliphatic carbocycles. The molecule has 134 valence electrons. The van der Waals surface area contributed by atoms with Crippen molar-refractivity contribution < 1.29 is 23.0 Å². The number of halogens is 3. The third kappa shape index (κ3) is 3.81. The minimum absolute atomic E-state index is 0.0281. The van der Waals surface area contributed by atoms with Crippen molar-refractivity contribution >= 4 is 5.82 Å². The van der Waals surface area contributed by atoms with E-state index in [2.05, 4.69) is 9.88 Å². The lowest BCUT2D eigenvalue weighted by atomic mass is 9.96. The molecule has 0 bridgehead atoms. The van der Waals surface area contributed by atoms with E-state index in [0.29, 0.717) is 26.3 Å². The summed E-state index contributed by atoms with van der Waals surface area (Å²) < 4.78 is 45.0. The van der Waals surface area contributed by atoms with Gasteiger partial charge in [0.05, 0.1) is 18.8 Å². The summed E-state index contributed by atoms with van der Waals surface area (Å²) in [6.07, 6.45) is -3.05. The van der Waals surface area contributed by atoms with Gasteiger partial charge in [0.15, 0.2) is 0 Å². The highest BCUT2D eigenvalue weighted by molar-refractivity contribution is 5.49. The van der Waals surface area contributed by atoms with Gasteiger partial charge in [-0.25, -0.2) is 4.98 Å². The van der Waals surface area contributed by atoms with E-state index >= 15 is 0 Å². The molecule has 1 aromatic heterocycles. The highest BCUT2D eigenvalue weighted by atomic mass is 19.4. The molecule has 5 nitrogen and oxygen atoms in total. The van der Waals surface area contributed by atoms with Crippen LogP contribution in [0.15, 0.2) is 18.3 Å². The van der Waals surface area contributed by atoms with Gasteiger partial charge in [0, 0.05) is 51.4 Å². The fraction of sp³-hybridized carbons (Fsp3) is 0.688. The number of nitrogens with zero attached hydrogens (tertiary/aromatic N) is 3. The summed E-state index contributed by atoms with van der Waals surface area (Å²) in [5.74, 6) is 0.0417. The van der Waals surface area contributed by atoms with Crippen LogP contribution >= 0.6 is 0 Å². The second kappa shape index (κ2) is 7.25. The Kier molecular flexibility index (Phi) is 5.27. The van der Waals surface area contributed by atoms with Crippen LogP contribution in [0.1, 0.15) is 5.56 Å². The van der Waals surface area contributed by atoms with Crippen LogP contribution in [-0.2, 0) is 10.9 Å². The van der Waals surface area contributed by atoms with Gasteiger partial charge in [0.2, 0.25) is 0 Å². The van der Waals surface area contributed by atoms with Crippen LogP contribution in [0.5, 0.6) is 0 Å². The molecule has 0 saturated carbocycles. The van der Waals surface area contributed by atoms with Crippen molar-refractivity contribution in [2.75, 3.05) is 57.4 Å². The van der Waals surface area contributed by atoms with Crippen molar-refractivity contribution in [1.29, 1.82) is 0 Å². The number of rotatable bonds is 4. The summed E-state index contributed by atoms with van der Waals surface area (Å²) in [5.41, 5.74) is -0.714. The summed E-state index contributed by atoms with van der Waals surface area (Å²) in [5, 5.41) is 9.65. The second-order valence-electron chi connectivity index (χ2n) is 6.39. The third-order valence-corrected chi connectivity index (χ3v) is 4.80. The SMILES string of the molecule is OCC1CN(c2ncccc2C(F)(F)F)CC1CN1CCOCC1. The summed E-state index contributed by atoms with van der Waals surface area (Å²) in [6, 6.07) is 2.36. The summed E-state index contributed by atoms with van der Waals surface area (Å²) in [6.45, 7) is 4.61. The molecule has 2 aliphatic heterocycles. The normalized spacial score (nSPS) is 26.1. The number of ether oxygens (including phenoxy) is 1. The van der Waals surface area contributed by atoms with Crippen molar-refractivity contribution in [3.63, 3.8) is 0 Å². The molecule has 0 amide bonds. The van der Waals surface area contributed by atoms with Gasteiger partial charge < -0.3 is 14.7 Å². The number of anilines is 1.